The van der Waals surface area contributed by atoms with Crippen LogP contribution in [0.3, 0.4) is 0 Å². The largest absolute Gasteiger partial charge is 0.481 e. The molecule has 1 amide bonds. The lowest BCUT2D eigenvalue weighted by Crippen LogP contribution is -2.54. The van der Waals surface area contributed by atoms with E-state index in [9.17, 15) is 14.7 Å². The van der Waals surface area contributed by atoms with Crippen LogP contribution in [-0.2, 0) is 16.1 Å². The van der Waals surface area contributed by atoms with Crippen LogP contribution in [0.15, 0.2) is 17.5 Å². The summed E-state index contributed by atoms with van der Waals surface area (Å²) < 4.78 is 5.33. The van der Waals surface area contributed by atoms with Crippen molar-refractivity contribution in [3.63, 3.8) is 0 Å². The monoisotopic (exact) mass is 340 g/mol. The van der Waals surface area contributed by atoms with Gasteiger partial charge in [0.05, 0.1) is 5.92 Å². The molecule has 2 rings (SSSR count). The molecular weight excluding hydrogens is 316 g/mol. The number of aliphatic carboxylic acids is 1. The van der Waals surface area contributed by atoms with Gasteiger partial charge in [0.2, 0.25) is 0 Å². The number of hydrogen-bond acceptors (Lipinski definition) is 5. The number of ether oxygens (including phenoxy) is 1. The third-order valence-electron chi connectivity index (χ3n) is 3.70. The highest BCUT2D eigenvalue weighted by atomic mass is 32.1. The quantitative estimate of drug-likeness (QED) is 0.880. The van der Waals surface area contributed by atoms with E-state index >= 15 is 0 Å². The summed E-state index contributed by atoms with van der Waals surface area (Å²) in [4.78, 5) is 26.4. The summed E-state index contributed by atoms with van der Waals surface area (Å²) in [5.41, 5.74) is -0.579. The van der Waals surface area contributed by atoms with E-state index in [0.29, 0.717) is 19.5 Å². The van der Waals surface area contributed by atoms with Gasteiger partial charge in [-0.15, -0.1) is 11.3 Å². The van der Waals surface area contributed by atoms with Crippen LogP contribution in [0.1, 0.15) is 32.1 Å². The Morgan fingerprint density at radius 2 is 2.22 bits per heavy atom. The predicted octanol–water partition coefficient (Wildman–Crippen LogP) is 2.55. The van der Waals surface area contributed by atoms with Gasteiger partial charge in [-0.25, -0.2) is 4.79 Å². The van der Waals surface area contributed by atoms with Crippen molar-refractivity contribution in [1.82, 2.24) is 10.2 Å². The van der Waals surface area contributed by atoms with Crippen LogP contribution in [0.25, 0.3) is 0 Å². The minimum absolute atomic E-state index is 0.145. The van der Waals surface area contributed by atoms with Crippen molar-refractivity contribution in [3.8, 4) is 0 Å². The Morgan fingerprint density at radius 3 is 2.78 bits per heavy atom. The van der Waals surface area contributed by atoms with Crippen molar-refractivity contribution in [2.24, 2.45) is 5.92 Å². The zero-order valence-corrected chi connectivity index (χ0v) is 14.6. The summed E-state index contributed by atoms with van der Waals surface area (Å²) in [5.74, 6) is -1.52. The van der Waals surface area contributed by atoms with E-state index in [1.165, 1.54) is 9.78 Å². The number of carbonyl (C=O) groups is 2. The van der Waals surface area contributed by atoms with Crippen LogP contribution in [0.2, 0.25) is 0 Å². The predicted molar refractivity (Wildman–Crippen MR) is 88.5 cm³/mol. The van der Waals surface area contributed by atoms with Crippen LogP contribution in [0.4, 0.5) is 4.79 Å². The number of amides is 1. The molecule has 0 spiro atoms. The smallest absolute Gasteiger partial charge is 0.410 e. The molecule has 0 unspecified atom stereocenters. The first kappa shape index (κ1) is 17.7. The Labute approximate surface area is 140 Å². The normalized spacial score (nSPS) is 22.0. The Balaban J connectivity index is 1.94. The lowest BCUT2D eigenvalue weighted by molar-refractivity contribution is -0.144. The fourth-order valence-electron chi connectivity index (χ4n) is 2.58. The molecule has 1 aromatic heterocycles. The van der Waals surface area contributed by atoms with Gasteiger partial charge in [0.1, 0.15) is 5.60 Å². The van der Waals surface area contributed by atoms with Gasteiger partial charge in [0.25, 0.3) is 0 Å². The van der Waals surface area contributed by atoms with Gasteiger partial charge in [-0.1, -0.05) is 6.07 Å². The van der Waals surface area contributed by atoms with Crippen LogP contribution in [-0.4, -0.2) is 46.8 Å². The molecule has 7 heteroatoms. The molecule has 0 radical (unpaired) electrons. The minimum atomic E-state index is -0.887. The van der Waals surface area contributed by atoms with E-state index in [4.69, 9.17) is 4.74 Å². The highest BCUT2D eigenvalue weighted by Gasteiger charge is 2.37. The highest BCUT2D eigenvalue weighted by Crippen LogP contribution is 2.21. The van der Waals surface area contributed by atoms with E-state index in [1.54, 1.807) is 32.1 Å². The Bertz CT molecular complexity index is 539. The first-order valence-corrected chi connectivity index (χ1v) is 8.61. The maximum absolute atomic E-state index is 12.1. The van der Waals surface area contributed by atoms with Crippen molar-refractivity contribution < 1.29 is 19.4 Å². The molecule has 0 saturated carbocycles. The minimum Gasteiger partial charge on any atom is -0.481 e. The van der Waals surface area contributed by atoms with Crippen molar-refractivity contribution >= 4 is 23.4 Å². The number of likely N-dealkylation sites (tertiary alicyclic amines) is 1. The maximum atomic E-state index is 12.1. The van der Waals surface area contributed by atoms with Gasteiger partial charge < -0.3 is 20.1 Å². The van der Waals surface area contributed by atoms with Crippen molar-refractivity contribution in [1.29, 1.82) is 0 Å². The number of carboxylic acid groups (broad SMARTS) is 1. The second kappa shape index (κ2) is 7.31. The summed E-state index contributed by atoms with van der Waals surface area (Å²) in [7, 11) is 0. The van der Waals surface area contributed by atoms with E-state index < -0.39 is 23.6 Å². The number of piperidine rings is 1. The lowest BCUT2D eigenvalue weighted by atomic mass is 9.92. The lowest BCUT2D eigenvalue weighted by Gasteiger charge is -2.37. The topological polar surface area (TPSA) is 78.9 Å². The molecule has 128 valence electrons. The molecule has 1 aliphatic heterocycles. The first-order chi connectivity index (χ1) is 10.8. The molecule has 2 atom stereocenters. The molecule has 2 heterocycles. The van der Waals surface area contributed by atoms with Crippen LogP contribution >= 0.6 is 11.3 Å². The van der Waals surface area contributed by atoms with E-state index in [1.807, 2.05) is 17.5 Å². The SMILES string of the molecule is CC(C)(C)OC(=O)N1CC[C@@H](NCc2cccs2)[C@@H](C(=O)O)C1. The molecule has 1 fully saturated rings. The average Bonchev–Trinajstić information content (AvgIpc) is 2.96. The molecule has 6 nitrogen and oxygen atoms in total. The van der Waals surface area contributed by atoms with Gasteiger partial charge in [0, 0.05) is 30.6 Å². The van der Waals surface area contributed by atoms with Crippen molar-refractivity contribution in [2.45, 2.75) is 45.4 Å². The number of hydrogen-bond donors (Lipinski definition) is 2. The average molecular weight is 340 g/mol. The summed E-state index contributed by atoms with van der Waals surface area (Å²) in [6.45, 7) is 6.73. The Morgan fingerprint density at radius 1 is 1.48 bits per heavy atom. The van der Waals surface area contributed by atoms with Crippen LogP contribution in [0.5, 0.6) is 0 Å². The van der Waals surface area contributed by atoms with Crippen LogP contribution < -0.4 is 5.32 Å². The molecule has 1 aliphatic rings. The fraction of sp³-hybridized carbons (Fsp3) is 0.625. The zero-order chi connectivity index (χ0) is 17.0. The number of nitrogens with zero attached hydrogens (tertiary/aromatic N) is 1. The Kier molecular flexibility index (Phi) is 5.64. The molecular formula is C16H24N2O4S. The second-order valence-electron chi connectivity index (χ2n) is 6.73. The number of carbonyl (C=O) groups excluding carboxylic acids is 1. The standard InChI is InChI=1S/C16H24N2O4S/c1-16(2,3)22-15(21)18-7-6-13(12(10-18)14(19)20)17-9-11-5-4-8-23-11/h4-5,8,12-13,17H,6-7,9-10H2,1-3H3,(H,19,20)/t12-,13+/m0/s1. The number of thiophene rings is 1. The van der Waals surface area contributed by atoms with Gasteiger partial charge in [-0.2, -0.15) is 0 Å². The molecule has 1 aromatic rings. The van der Waals surface area contributed by atoms with Gasteiger partial charge in [-0.05, 0) is 38.6 Å². The molecule has 0 bridgehead atoms. The van der Waals surface area contributed by atoms with Crippen molar-refractivity contribution in [3.05, 3.63) is 22.4 Å². The molecule has 2 N–H and O–H groups in total. The third-order valence-corrected chi connectivity index (χ3v) is 4.58. The summed E-state index contributed by atoms with van der Waals surface area (Å²) in [5, 5.41) is 14.8. The highest BCUT2D eigenvalue weighted by molar-refractivity contribution is 7.09. The zero-order valence-electron chi connectivity index (χ0n) is 13.7. The molecule has 1 saturated heterocycles. The van der Waals surface area contributed by atoms with Gasteiger partial charge in [0.15, 0.2) is 0 Å². The maximum Gasteiger partial charge on any atom is 0.410 e. The molecule has 0 aromatic carbocycles. The fourth-order valence-corrected chi connectivity index (χ4v) is 3.24. The number of nitrogens with one attached hydrogen (secondary N) is 1. The van der Waals surface area contributed by atoms with Crippen LogP contribution in [0, 0.1) is 5.92 Å². The summed E-state index contributed by atoms with van der Waals surface area (Å²) in [6.07, 6.45) is 0.155. The van der Waals surface area contributed by atoms with E-state index in [-0.39, 0.29) is 12.6 Å². The number of rotatable bonds is 4. The molecule has 0 aliphatic carbocycles. The van der Waals surface area contributed by atoms with Gasteiger partial charge >= 0.3 is 12.1 Å². The summed E-state index contributed by atoms with van der Waals surface area (Å²) in [6, 6.07) is 3.85. The van der Waals surface area contributed by atoms with Gasteiger partial charge in [-0.3, -0.25) is 4.79 Å². The Hall–Kier alpha value is -1.60. The second-order valence-corrected chi connectivity index (χ2v) is 7.76. The number of carboxylic acids is 1. The van der Waals surface area contributed by atoms with E-state index in [2.05, 4.69) is 5.32 Å². The van der Waals surface area contributed by atoms with E-state index in [0.717, 1.165) is 0 Å². The summed E-state index contributed by atoms with van der Waals surface area (Å²) >= 11 is 1.64. The first-order valence-electron chi connectivity index (χ1n) is 7.73. The van der Waals surface area contributed by atoms with Crippen molar-refractivity contribution in [2.75, 3.05) is 13.1 Å². The molecule has 23 heavy (non-hydrogen) atoms. The third kappa shape index (κ3) is 5.21.